The Kier molecular flexibility index (Phi) is 6.26. The summed E-state index contributed by atoms with van der Waals surface area (Å²) in [6, 6.07) is 16.1. The van der Waals surface area contributed by atoms with E-state index in [0.717, 1.165) is 5.56 Å². The number of halogens is 1. The van der Waals surface area contributed by atoms with Crippen LogP contribution in [0.2, 0.25) is 5.02 Å². The van der Waals surface area contributed by atoms with E-state index in [0.29, 0.717) is 36.9 Å². The van der Waals surface area contributed by atoms with Gasteiger partial charge in [0.25, 0.3) is 5.91 Å². The standard InChI is InChI=1S/C20H20ClNO4/c21-17-8-6-15(7-9-17)14-18(23)26-19(16-4-2-1-3-5-16)20(24)22-10-12-25-13-11-22/h1-9,19H,10-14H2/t19-/m1/s1. The molecule has 1 atom stereocenters. The average molecular weight is 374 g/mol. The molecule has 3 rings (SSSR count). The lowest BCUT2D eigenvalue weighted by Crippen LogP contribution is -2.44. The van der Waals surface area contributed by atoms with Gasteiger partial charge >= 0.3 is 5.97 Å². The number of esters is 1. The van der Waals surface area contributed by atoms with Gasteiger partial charge in [-0.2, -0.15) is 0 Å². The van der Waals surface area contributed by atoms with Crippen molar-refractivity contribution in [2.45, 2.75) is 12.5 Å². The van der Waals surface area contributed by atoms with Gasteiger partial charge in [0.05, 0.1) is 19.6 Å². The molecule has 0 bridgehead atoms. The topological polar surface area (TPSA) is 55.8 Å². The highest BCUT2D eigenvalue weighted by atomic mass is 35.5. The van der Waals surface area contributed by atoms with Crippen molar-refractivity contribution in [2.75, 3.05) is 26.3 Å². The number of benzene rings is 2. The van der Waals surface area contributed by atoms with Crippen molar-refractivity contribution >= 4 is 23.5 Å². The molecule has 2 aromatic rings. The van der Waals surface area contributed by atoms with Gasteiger partial charge in [-0.05, 0) is 17.7 Å². The molecule has 0 radical (unpaired) electrons. The molecule has 2 aromatic carbocycles. The highest BCUT2D eigenvalue weighted by Crippen LogP contribution is 2.22. The molecule has 1 heterocycles. The van der Waals surface area contributed by atoms with E-state index in [1.54, 1.807) is 41.3 Å². The molecule has 0 aliphatic carbocycles. The zero-order valence-corrected chi connectivity index (χ0v) is 15.0. The third-order valence-electron chi connectivity index (χ3n) is 4.16. The summed E-state index contributed by atoms with van der Waals surface area (Å²) in [7, 11) is 0. The van der Waals surface area contributed by atoms with E-state index in [1.807, 2.05) is 18.2 Å². The van der Waals surface area contributed by atoms with Crippen molar-refractivity contribution in [3.8, 4) is 0 Å². The van der Waals surface area contributed by atoms with E-state index in [1.165, 1.54) is 0 Å². The van der Waals surface area contributed by atoms with E-state index in [-0.39, 0.29) is 12.3 Å². The third-order valence-corrected chi connectivity index (χ3v) is 4.41. The molecular formula is C20H20ClNO4. The maximum Gasteiger partial charge on any atom is 0.311 e. The number of amides is 1. The van der Waals surface area contributed by atoms with Gasteiger partial charge in [-0.15, -0.1) is 0 Å². The molecule has 0 aromatic heterocycles. The second-order valence-corrected chi connectivity index (χ2v) is 6.46. The maximum atomic E-state index is 12.9. The Bertz CT molecular complexity index is 742. The second-order valence-electron chi connectivity index (χ2n) is 6.02. The van der Waals surface area contributed by atoms with Crippen LogP contribution in [-0.4, -0.2) is 43.1 Å². The number of rotatable bonds is 5. The molecule has 1 fully saturated rings. The molecule has 5 nitrogen and oxygen atoms in total. The summed E-state index contributed by atoms with van der Waals surface area (Å²) in [6.07, 6.45) is -0.870. The minimum atomic E-state index is -0.950. The van der Waals surface area contributed by atoms with Gasteiger partial charge < -0.3 is 14.4 Å². The summed E-state index contributed by atoms with van der Waals surface area (Å²) in [5.41, 5.74) is 1.44. The van der Waals surface area contributed by atoms with Gasteiger partial charge in [-0.1, -0.05) is 54.1 Å². The van der Waals surface area contributed by atoms with Crippen molar-refractivity contribution in [3.05, 3.63) is 70.7 Å². The quantitative estimate of drug-likeness (QED) is 0.756. The fraction of sp³-hybridized carbons (Fsp3) is 0.300. The van der Waals surface area contributed by atoms with Crippen molar-refractivity contribution in [1.82, 2.24) is 4.90 Å². The van der Waals surface area contributed by atoms with Crippen LogP contribution in [0.3, 0.4) is 0 Å². The highest BCUT2D eigenvalue weighted by molar-refractivity contribution is 6.30. The molecule has 136 valence electrons. The van der Waals surface area contributed by atoms with Crippen LogP contribution in [0.15, 0.2) is 54.6 Å². The summed E-state index contributed by atoms with van der Waals surface area (Å²) in [6.45, 7) is 1.98. The molecule has 0 saturated carbocycles. The van der Waals surface area contributed by atoms with Crippen LogP contribution in [0.5, 0.6) is 0 Å². The van der Waals surface area contributed by atoms with Gasteiger partial charge in [0.15, 0.2) is 0 Å². The fourth-order valence-electron chi connectivity index (χ4n) is 2.78. The molecule has 1 amide bonds. The Labute approximate surface area is 157 Å². The number of hydrogen-bond acceptors (Lipinski definition) is 4. The lowest BCUT2D eigenvalue weighted by molar-refractivity contribution is -0.162. The first-order valence-corrected chi connectivity index (χ1v) is 8.86. The van der Waals surface area contributed by atoms with E-state index in [2.05, 4.69) is 0 Å². The summed E-state index contributed by atoms with van der Waals surface area (Å²) < 4.78 is 10.9. The predicted molar refractivity (Wildman–Crippen MR) is 97.8 cm³/mol. The van der Waals surface area contributed by atoms with Crippen LogP contribution >= 0.6 is 11.6 Å². The van der Waals surface area contributed by atoms with E-state index in [4.69, 9.17) is 21.1 Å². The van der Waals surface area contributed by atoms with E-state index < -0.39 is 12.1 Å². The van der Waals surface area contributed by atoms with E-state index >= 15 is 0 Å². The van der Waals surface area contributed by atoms with Crippen LogP contribution in [0.25, 0.3) is 0 Å². The summed E-state index contributed by atoms with van der Waals surface area (Å²) in [5, 5.41) is 0.603. The first-order chi connectivity index (χ1) is 12.6. The molecule has 26 heavy (non-hydrogen) atoms. The lowest BCUT2D eigenvalue weighted by atomic mass is 10.1. The summed E-state index contributed by atoms with van der Waals surface area (Å²) in [4.78, 5) is 27.0. The Morgan fingerprint density at radius 1 is 1.04 bits per heavy atom. The number of carbonyl (C=O) groups is 2. The Balaban J connectivity index is 1.73. The molecule has 1 saturated heterocycles. The lowest BCUT2D eigenvalue weighted by Gasteiger charge is -2.30. The Morgan fingerprint density at radius 2 is 1.69 bits per heavy atom. The minimum absolute atomic E-state index is 0.0803. The van der Waals surface area contributed by atoms with Crippen molar-refractivity contribution in [3.63, 3.8) is 0 Å². The largest absolute Gasteiger partial charge is 0.447 e. The average Bonchev–Trinajstić information content (AvgIpc) is 2.69. The van der Waals surface area contributed by atoms with Gasteiger partial charge in [0.1, 0.15) is 0 Å². The summed E-state index contributed by atoms with van der Waals surface area (Å²) in [5.74, 6) is -0.674. The molecule has 0 unspecified atom stereocenters. The van der Waals surface area contributed by atoms with Crippen LogP contribution in [0.1, 0.15) is 17.2 Å². The second kappa shape index (κ2) is 8.83. The zero-order chi connectivity index (χ0) is 18.4. The SMILES string of the molecule is O=C(Cc1ccc(Cl)cc1)O[C@@H](C(=O)N1CCOCC1)c1ccccc1. The third kappa shape index (κ3) is 4.84. The number of carbonyl (C=O) groups excluding carboxylic acids is 2. The summed E-state index contributed by atoms with van der Waals surface area (Å²) >= 11 is 5.86. The fourth-order valence-corrected chi connectivity index (χ4v) is 2.91. The van der Waals surface area contributed by atoms with Gasteiger partial charge in [0, 0.05) is 23.7 Å². The molecule has 0 N–H and O–H groups in total. The Hall–Kier alpha value is -2.37. The van der Waals surface area contributed by atoms with Gasteiger partial charge in [-0.25, -0.2) is 0 Å². The zero-order valence-electron chi connectivity index (χ0n) is 14.3. The molecular weight excluding hydrogens is 354 g/mol. The minimum Gasteiger partial charge on any atom is -0.447 e. The predicted octanol–water partition coefficient (Wildman–Crippen LogP) is 3.03. The van der Waals surface area contributed by atoms with Crippen LogP contribution in [-0.2, 0) is 25.5 Å². The van der Waals surface area contributed by atoms with Crippen LogP contribution < -0.4 is 0 Å². The highest BCUT2D eigenvalue weighted by Gasteiger charge is 2.30. The van der Waals surface area contributed by atoms with E-state index in [9.17, 15) is 9.59 Å². The van der Waals surface area contributed by atoms with Gasteiger partial charge in [0.2, 0.25) is 6.10 Å². The number of hydrogen-bond donors (Lipinski definition) is 0. The first kappa shape index (κ1) is 18.4. The molecule has 6 heteroatoms. The first-order valence-electron chi connectivity index (χ1n) is 8.49. The maximum absolute atomic E-state index is 12.9. The molecule has 1 aliphatic rings. The van der Waals surface area contributed by atoms with Crippen LogP contribution in [0.4, 0.5) is 0 Å². The smallest absolute Gasteiger partial charge is 0.311 e. The molecule has 0 spiro atoms. The number of morpholine rings is 1. The number of ether oxygens (including phenoxy) is 2. The van der Waals surface area contributed by atoms with Gasteiger partial charge in [-0.3, -0.25) is 9.59 Å². The normalized spacial score (nSPS) is 15.3. The van der Waals surface area contributed by atoms with Crippen molar-refractivity contribution in [1.29, 1.82) is 0 Å². The monoisotopic (exact) mass is 373 g/mol. The van der Waals surface area contributed by atoms with Crippen LogP contribution in [0, 0.1) is 0 Å². The Morgan fingerprint density at radius 3 is 2.35 bits per heavy atom. The molecule has 1 aliphatic heterocycles. The van der Waals surface area contributed by atoms with Crippen molar-refractivity contribution in [2.24, 2.45) is 0 Å². The van der Waals surface area contributed by atoms with Crippen molar-refractivity contribution < 1.29 is 19.1 Å². The number of nitrogens with zero attached hydrogens (tertiary/aromatic N) is 1.